The number of allylic oxidation sites excluding steroid dienone is 1. The van der Waals surface area contributed by atoms with Crippen LogP contribution >= 0.6 is 0 Å². The fraction of sp³-hybridized carbons (Fsp3) is 0.778. The molecule has 0 amide bonds. The Morgan fingerprint density at radius 2 is 2.09 bits per heavy atom. The molecule has 0 aromatic heterocycles. The van der Waals surface area contributed by atoms with Gasteiger partial charge in [-0.2, -0.15) is 0 Å². The van der Waals surface area contributed by atoms with Gasteiger partial charge in [0.15, 0.2) is 8.32 Å². The normalized spacial score (nSPS) is 25.5. The lowest BCUT2D eigenvalue weighted by atomic mass is 10.1. The lowest BCUT2D eigenvalue weighted by Gasteiger charge is -2.25. The van der Waals surface area contributed by atoms with Crippen molar-refractivity contribution in [1.29, 1.82) is 0 Å². The third-order valence-corrected chi connectivity index (χ3v) is 2.72. The maximum atomic E-state index is 5.93. The van der Waals surface area contributed by atoms with Gasteiger partial charge < -0.3 is 4.43 Å². The lowest BCUT2D eigenvalue weighted by Crippen LogP contribution is -2.31. The summed E-state index contributed by atoms with van der Waals surface area (Å²) < 4.78 is 5.93. The third-order valence-electron chi connectivity index (χ3n) is 1.72. The molecule has 1 rings (SSSR count). The fourth-order valence-electron chi connectivity index (χ4n) is 1.33. The highest BCUT2D eigenvalue weighted by atomic mass is 28.4. The smallest absolute Gasteiger partial charge is 0.184 e. The average molecular weight is 170 g/mol. The summed E-state index contributed by atoms with van der Waals surface area (Å²) >= 11 is 0. The van der Waals surface area contributed by atoms with E-state index >= 15 is 0 Å². The Bertz CT molecular complexity index is 146. The SMILES string of the molecule is C[Si](C)(C)O[C@H]1C=CCCC1. The summed E-state index contributed by atoms with van der Waals surface area (Å²) in [4.78, 5) is 0. The molecule has 0 fully saturated rings. The van der Waals surface area contributed by atoms with Crippen LogP contribution in [0.25, 0.3) is 0 Å². The average Bonchev–Trinajstić information content (AvgIpc) is 1.85. The molecule has 64 valence electrons. The van der Waals surface area contributed by atoms with Crippen molar-refractivity contribution in [3.8, 4) is 0 Å². The molecule has 0 saturated carbocycles. The second kappa shape index (κ2) is 3.54. The summed E-state index contributed by atoms with van der Waals surface area (Å²) in [6.07, 6.45) is 8.66. The maximum Gasteiger partial charge on any atom is 0.184 e. The molecule has 0 aliphatic heterocycles. The Morgan fingerprint density at radius 3 is 2.55 bits per heavy atom. The molecule has 0 heterocycles. The van der Waals surface area contributed by atoms with Gasteiger partial charge in [0, 0.05) is 0 Å². The van der Waals surface area contributed by atoms with E-state index in [2.05, 4.69) is 31.8 Å². The third kappa shape index (κ3) is 3.73. The van der Waals surface area contributed by atoms with E-state index in [-0.39, 0.29) is 0 Å². The molecular weight excluding hydrogens is 152 g/mol. The van der Waals surface area contributed by atoms with E-state index in [4.69, 9.17) is 4.43 Å². The molecule has 0 spiro atoms. The summed E-state index contributed by atoms with van der Waals surface area (Å²) in [6, 6.07) is 0. The van der Waals surface area contributed by atoms with E-state index < -0.39 is 8.32 Å². The molecular formula is C9H18OSi. The molecule has 1 aliphatic rings. The Hall–Kier alpha value is -0.0831. The highest BCUT2D eigenvalue weighted by Gasteiger charge is 2.19. The minimum Gasteiger partial charge on any atom is -0.411 e. The molecule has 0 bridgehead atoms. The van der Waals surface area contributed by atoms with E-state index in [0.29, 0.717) is 6.10 Å². The van der Waals surface area contributed by atoms with Crippen LogP contribution in [0.5, 0.6) is 0 Å². The van der Waals surface area contributed by atoms with Crippen LogP contribution in [0.2, 0.25) is 19.6 Å². The Morgan fingerprint density at radius 1 is 1.36 bits per heavy atom. The molecule has 1 aliphatic carbocycles. The Balaban J connectivity index is 2.36. The quantitative estimate of drug-likeness (QED) is 0.457. The molecule has 2 heteroatoms. The molecule has 0 radical (unpaired) electrons. The Kier molecular flexibility index (Phi) is 2.90. The van der Waals surface area contributed by atoms with Gasteiger partial charge in [-0.05, 0) is 38.9 Å². The molecule has 11 heavy (non-hydrogen) atoms. The van der Waals surface area contributed by atoms with Crippen LogP contribution in [0.1, 0.15) is 19.3 Å². The van der Waals surface area contributed by atoms with Gasteiger partial charge in [-0.25, -0.2) is 0 Å². The van der Waals surface area contributed by atoms with Gasteiger partial charge in [0.1, 0.15) is 0 Å². The minimum atomic E-state index is -1.30. The van der Waals surface area contributed by atoms with Crippen LogP contribution < -0.4 is 0 Å². The van der Waals surface area contributed by atoms with Crippen molar-refractivity contribution in [1.82, 2.24) is 0 Å². The largest absolute Gasteiger partial charge is 0.411 e. The monoisotopic (exact) mass is 170 g/mol. The first-order valence-corrected chi connectivity index (χ1v) is 7.83. The summed E-state index contributed by atoms with van der Waals surface area (Å²) in [5.74, 6) is 0. The number of hydrogen-bond acceptors (Lipinski definition) is 1. The number of hydrogen-bond donors (Lipinski definition) is 0. The van der Waals surface area contributed by atoms with Crippen LogP contribution in [-0.2, 0) is 4.43 Å². The van der Waals surface area contributed by atoms with Gasteiger partial charge >= 0.3 is 0 Å². The highest BCUT2D eigenvalue weighted by Crippen LogP contribution is 2.17. The van der Waals surface area contributed by atoms with Crippen molar-refractivity contribution in [3.63, 3.8) is 0 Å². The zero-order valence-electron chi connectivity index (χ0n) is 7.76. The van der Waals surface area contributed by atoms with Crippen LogP contribution in [0.15, 0.2) is 12.2 Å². The van der Waals surface area contributed by atoms with Gasteiger partial charge in [-0.1, -0.05) is 12.2 Å². The van der Waals surface area contributed by atoms with Crippen molar-refractivity contribution in [2.24, 2.45) is 0 Å². The maximum absolute atomic E-state index is 5.93. The predicted molar refractivity (Wildman–Crippen MR) is 51.2 cm³/mol. The topological polar surface area (TPSA) is 9.23 Å². The molecule has 1 nitrogen and oxygen atoms in total. The van der Waals surface area contributed by atoms with Gasteiger partial charge in [-0.3, -0.25) is 0 Å². The zero-order valence-corrected chi connectivity index (χ0v) is 8.76. The lowest BCUT2D eigenvalue weighted by molar-refractivity contribution is 0.223. The summed E-state index contributed by atoms with van der Waals surface area (Å²) in [7, 11) is -1.30. The van der Waals surface area contributed by atoms with E-state index in [1.165, 1.54) is 19.3 Å². The van der Waals surface area contributed by atoms with E-state index in [9.17, 15) is 0 Å². The number of rotatable bonds is 2. The van der Waals surface area contributed by atoms with Crippen LogP contribution in [0.3, 0.4) is 0 Å². The van der Waals surface area contributed by atoms with Gasteiger partial charge in [-0.15, -0.1) is 0 Å². The van der Waals surface area contributed by atoms with Crippen molar-refractivity contribution >= 4 is 8.32 Å². The fourth-order valence-corrected chi connectivity index (χ4v) is 2.44. The molecule has 0 saturated heterocycles. The zero-order chi connectivity index (χ0) is 8.32. The first kappa shape index (κ1) is 9.01. The van der Waals surface area contributed by atoms with Crippen molar-refractivity contribution < 1.29 is 4.43 Å². The molecule has 0 aromatic carbocycles. The molecule has 0 unspecified atom stereocenters. The second-order valence-corrected chi connectivity index (χ2v) is 8.59. The minimum absolute atomic E-state index is 0.426. The van der Waals surface area contributed by atoms with Crippen LogP contribution in [0, 0.1) is 0 Å². The van der Waals surface area contributed by atoms with Gasteiger partial charge in [0.2, 0.25) is 0 Å². The Labute approximate surface area is 70.6 Å². The first-order chi connectivity index (χ1) is 5.08. The van der Waals surface area contributed by atoms with Gasteiger partial charge in [0.25, 0.3) is 0 Å². The first-order valence-electron chi connectivity index (χ1n) is 4.42. The van der Waals surface area contributed by atoms with Crippen molar-refractivity contribution in [2.45, 2.75) is 45.0 Å². The summed E-state index contributed by atoms with van der Waals surface area (Å²) in [6.45, 7) is 6.74. The second-order valence-electron chi connectivity index (χ2n) is 4.13. The van der Waals surface area contributed by atoms with Crippen molar-refractivity contribution in [2.75, 3.05) is 0 Å². The van der Waals surface area contributed by atoms with Crippen molar-refractivity contribution in [3.05, 3.63) is 12.2 Å². The van der Waals surface area contributed by atoms with Crippen LogP contribution in [-0.4, -0.2) is 14.4 Å². The summed E-state index contributed by atoms with van der Waals surface area (Å²) in [5, 5.41) is 0. The summed E-state index contributed by atoms with van der Waals surface area (Å²) in [5.41, 5.74) is 0. The molecule has 1 atom stereocenters. The van der Waals surface area contributed by atoms with Gasteiger partial charge in [0.05, 0.1) is 6.10 Å². The molecule has 0 aromatic rings. The van der Waals surface area contributed by atoms with E-state index in [1.807, 2.05) is 0 Å². The highest BCUT2D eigenvalue weighted by molar-refractivity contribution is 6.69. The van der Waals surface area contributed by atoms with E-state index in [1.54, 1.807) is 0 Å². The molecule has 0 N–H and O–H groups in total. The van der Waals surface area contributed by atoms with Crippen LogP contribution in [0.4, 0.5) is 0 Å². The van der Waals surface area contributed by atoms with E-state index in [0.717, 1.165) is 0 Å². The standard InChI is InChI=1S/C9H18OSi/c1-11(2,3)10-9-7-5-4-6-8-9/h5,7,9H,4,6,8H2,1-3H3/t9-/m0/s1. The predicted octanol–water partition coefficient (Wildman–Crippen LogP) is 2.95.